The minimum Gasteiger partial charge on any atom is -0.372 e. The van der Waals surface area contributed by atoms with E-state index in [0.717, 1.165) is 13.1 Å². The zero-order chi connectivity index (χ0) is 17.7. The van der Waals surface area contributed by atoms with Gasteiger partial charge in [0.25, 0.3) is 0 Å². The summed E-state index contributed by atoms with van der Waals surface area (Å²) in [6.45, 7) is 8.97. The summed E-state index contributed by atoms with van der Waals surface area (Å²) in [6.07, 6.45) is 0. The highest BCUT2D eigenvalue weighted by Crippen LogP contribution is 2.14. The molecule has 2 heteroatoms. The lowest BCUT2D eigenvalue weighted by Crippen LogP contribution is -2.64. The van der Waals surface area contributed by atoms with E-state index >= 15 is 0 Å². The summed E-state index contributed by atoms with van der Waals surface area (Å²) in [6, 6.07) is 31.3. The van der Waals surface area contributed by atoms with Crippen LogP contribution in [0.1, 0.15) is 13.8 Å². The smallest absolute Gasteiger partial charge is 0.145 e. The lowest BCUT2D eigenvalue weighted by Gasteiger charge is -2.30. The van der Waals surface area contributed by atoms with Crippen LogP contribution < -0.4 is 20.5 Å². The first-order valence-corrected chi connectivity index (χ1v) is 11.7. The first kappa shape index (κ1) is 17.5. The van der Waals surface area contributed by atoms with Gasteiger partial charge in [-0.3, -0.25) is 0 Å². The number of nitrogens with zero attached hydrogens (tertiary/aromatic N) is 1. The molecule has 0 aliphatic rings. The first-order chi connectivity index (χ1) is 12.2. The highest BCUT2D eigenvalue weighted by Gasteiger charge is 2.33. The molecule has 128 valence electrons. The van der Waals surface area contributed by atoms with E-state index in [1.165, 1.54) is 21.2 Å². The average molecular weight is 346 g/mol. The predicted molar refractivity (Wildman–Crippen MR) is 113 cm³/mol. The van der Waals surface area contributed by atoms with Crippen molar-refractivity contribution < 1.29 is 0 Å². The third-order valence-electron chi connectivity index (χ3n) is 5.28. The topological polar surface area (TPSA) is 3.24 Å². The van der Waals surface area contributed by atoms with Gasteiger partial charge < -0.3 is 4.90 Å². The van der Waals surface area contributed by atoms with E-state index in [2.05, 4.69) is 110 Å². The Morgan fingerprint density at radius 3 is 1.40 bits per heavy atom. The molecule has 3 aromatic rings. The van der Waals surface area contributed by atoms with E-state index in [4.69, 9.17) is 0 Å². The van der Waals surface area contributed by atoms with Crippen molar-refractivity contribution in [3.8, 4) is 0 Å². The molecule has 0 aliphatic heterocycles. The van der Waals surface area contributed by atoms with Gasteiger partial charge in [-0.15, -0.1) is 0 Å². The van der Waals surface area contributed by atoms with Crippen LogP contribution in [0.5, 0.6) is 0 Å². The third-order valence-corrected chi connectivity index (χ3v) is 9.74. The molecule has 0 aliphatic carbocycles. The molecule has 0 heterocycles. The zero-order valence-electron chi connectivity index (χ0n) is 15.4. The number of benzene rings is 3. The SMILES string of the molecule is CCN(CC)c1ccc([Si](C)(c2ccccc2)c2ccccc2)cc1. The summed E-state index contributed by atoms with van der Waals surface area (Å²) in [5, 5.41) is 4.37. The molecule has 3 aromatic carbocycles. The fourth-order valence-corrected chi connectivity index (χ4v) is 7.19. The van der Waals surface area contributed by atoms with Gasteiger partial charge in [-0.05, 0) is 41.5 Å². The van der Waals surface area contributed by atoms with Crippen LogP contribution in [0.2, 0.25) is 6.55 Å². The molecule has 0 amide bonds. The van der Waals surface area contributed by atoms with Crippen LogP contribution in [-0.2, 0) is 0 Å². The number of hydrogen-bond donors (Lipinski definition) is 0. The van der Waals surface area contributed by atoms with Crippen LogP contribution in [0.25, 0.3) is 0 Å². The number of anilines is 1. The van der Waals surface area contributed by atoms with Crippen LogP contribution in [0.15, 0.2) is 84.9 Å². The quantitative estimate of drug-likeness (QED) is 0.487. The highest BCUT2D eigenvalue weighted by atomic mass is 28.3. The van der Waals surface area contributed by atoms with Gasteiger partial charge in [0.1, 0.15) is 8.07 Å². The van der Waals surface area contributed by atoms with Gasteiger partial charge in [-0.2, -0.15) is 0 Å². The van der Waals surface area contributed by atoms with Gasteiger partial charge in [0, 0.05) is 18.8 Å². The van der Waals surface area contributed by atoms with E-state index in [0.29, 0.717) is 0 Å². The molecule has 0 aromatic heterocycles. The molecular weight excluding hydrogens is 318 g/mol. The lowest BCUT2D eigenvalue weighted by atomic mass is 10.3. The Morgan fingerprint density at radius 1 is 0.600 bits per heavy atom. The summed E-state index contributed by atoms with van der Waals surface area (Å²) < 4.78 is 0. The average Bonchev–Trinajstić information content (AvgIpc) is 2.70. The van der Waals surface area contributed by atoms with Gasteiger partial charge in [-0.1, -0.05) is 79.3 Å². The Morgan fingerprint density at radius 2 is 1.00 bits per heavy atom. The van der Waals surface area contributed by atoms with Gasteiger partial charge in [0.05, 0.1) is 0 Å². The minimum atomic E-state index is -1.97. The van der Waals surface area contributed by atoms with Gasteiger partial charge in [0.2, 0.25) is 0 Å². The fraction of sp³-hybridized carbons (Fsp3) is 0.217. The molecule has 0 spiro atoms. The Labute approximate surface area is 153 Å². The Bertz CT molecular complexity index is 738. The molecule has 0 saturated carbocycles. The first-order valence-electron chi connectivity index (χ1n) is 9.16. The van der Waals surface area contributed by atoms with Crippen molar-refractivity contribution in [3.05, 3.63) is 84.9 Å². The molecule has 25 heavy (non-hydrogen) atoms. The molecule has 0 fully saturated rings. The molecule has 0 atom stereocenters. The van der Waals surface area contributed by atoms with Crippen molar-refractivity contribution in [2.75, 3.05) is 18.0 Å². The molecule has 0 unspecified atom stereocenters. The van der Waals surface area contributed by atoms with Crippen LogP contribution in [0.4, 0.5) is 5.69 Å². The van der Waals surface area contributed by atoms with Gasteiger partial charge in [-0.25, -0.2) is 0 Å². The number of rotatable bonds is 6. The Hall–Kier alpha value is -2.32. The second-order valence-electron chi connectivity index (χ2n) is 6.58. The second-order valence-corrected chi connectivity index (χ2v) is 10.6. The van der Waals surface area contributed by atoms with E-state index < -0.39 is 8.07 Å². The molecule has 1 nitrogen and oxygen atoms in total. The molecule has 0 saturated heterocycles. The normalized spacial score (nSPS) is 11.3. The molecule has 3 rings (SSSR count). The summed E-state index contributed by atoms with van der Waals surface area (Å²) in [4.78, 5) is 2.40. The summed E-state index contributed by atoms with van der Waals surface area (Å²) >= 11 is 0. The van der Waals surface area contributed by atoms with E-state index in [1.807, 2.05) is 0 Å². The maximum Gasteiger partial charge on any atom is 0.145 e. The van der Waals surface area contributed by atoms with Crippen LogP contribution in [0, 0.1) is 0 Å². The van der Waals surface area contributed by atoms with Crippen LogP contribution >= 0.6 is 0 Å². The van der Waals surface area contributed by atoms with Crippen molar-refractivity contribution in [1.29, 1.82) is 0 Å². The largest absolute Gasteiger partial charge is 0.372 e. The summed E-state index contributed by atoms with van der Waals surface area (Å²) in [7, 11) is -1.97. The maximum absolute atomic E-state index is 2.46. The predicted octanol–water partition coefficient (Wildman–Crippen LogP) is 3.63. The van der Waals surface area contributed by atoms with E-state index in [-0.39, 0.29) is 0 Å². The Balaban J connectivity index is 2.10. The van der Waals surface area contributed by atoms with Crippen LogP contribution in [0.3, 0.4) is 0 Å². The molecule has 0 radical (unpaired) electrons. The van der Waals surface area contributed by atoms with Crippen molar-refractivity contribution in [2.45, 2.75) is 20.4 Å². The monoisotopic (exact) mass is 345 g/mol. The van der Waals surface area contributed by atoms with Gasteiger partial charge in [0.15, 0.2) is 0 Å². The Kier molecular flexibility index (Phi) is 5.39. The van der Waals surface area contributed by atoms with Crippen molar-refractivity contribution in [1.82, 2.24) is 0 Å². The van der Waals surface area contributed by atoms with Crippen molar-refractivity contribution >= 4 is 29.3 Å². The zero-order valence-corrected chi connectivity index (χ0v) is 16.4. The summed E-state index contributed by atoms with van der Waals surface area (Å²) in [5.74, 6) is 0. The minimum absolute atomic E-state index is 1.04. The van der Waals surface area contributed by atoms with Crippen LogP contribution in [-0.4, -0.2) is 21.2 Å². The molecule has 0 N–H and O–H groups in total. The third kappa shape index (κ3) is 3.40. The van der Waals surface area contributed by atoms with Crippen molar-refractivity contribution in [2.24, 2.45) is 0 Å². The van der Waals surface area contributed by atoms with Gasteiger partial charge >= 0.3 is 0 Å². The lowest BCUT2D eigenvalue weighted by molar-refractivity contribution is 0.866. The van der Waals surface area contributed by atoms with E-state index in [9.17, 15) is 0 Å². The summed E-state index contributed by atoms with van der Waals surface area (Å²) in [5.41, 5.74) is 1.31. The molecule has 0 bridgehead atoms. The van der Waals surface area contributed by atoms with Crippen molar-refractivity contribution in [3.63, 3.8) is 0 Å². The van der Waals surface area contributed by atoms with E-state index in [1.54, 1.807) is 0 Å². The highest BCUT2D eigenvalue weighted by molar-refractivity contribution is 7.10. The fourth-order valence-electron chi connectivity index (χ4n) is 3.64. The number of hydrogen-bond acceptors (Lipinski definition) is 1. The maximum atomic E-state index is 2.46. The standard InChI is InChI=1S/C23H27NSi/c1-4-24(5-2)20-16-18-23(19-17-20)25(3,21-12-8-6-9-13-21)22-14-10-7-11-15-22/h6-19H,4-5H2,1-3H3. The molecular formula is C23H27NSi. The second kappa shape index (κ2) is 7.71.